The molecule has 0 saturated heterocycles. The standard InChI is InChI=1S/C15H20N.C9H13NO.CH4O.Y/c1-2-7-13(8-3-1)15-14-9-5-4-6-12(14)10-11-16-15;11-8-10-7-6-9-4-2-1-3-5-9;1-2;/h4-6,9,13,15H,1-3,7-8,10-11H2;1-5,10-11H,6-8H2;2H,1H3;/q-1;;;. The Kier molecular flexibility index (Phi) is 15.5. The summed E-state index contributed by atoms with van der Waals surface area (Å²) in [5, 5.41) is 23.2. The number of benzene rings is 2. The van der Waals surface area contributed by atoms with Crippen molar-refractivity contribution in [2.24, 2.45) is 5.92 Å². The van der Waals surface area contributed by atoms with Crippen molar-refractivity contribution in [3.63, 3.8) is 0 Å². The van der Waals surface area contributed by atoms with E-state index in [9.17, 15) is 0 Å². The summed E-state index contributed by atoms with van der Waals surface area (Å²) in [4.78, 5) is 0. The Balaban J connectivity index is 0.000000285. The molecule has 0 aromatic heterocycles. The van der Waals surface area contributed by atoms with Crippen LogP contribution in [0, 0.1) is 5.92 Å². The molecule has 1 heterocycles. The average Bonchev–Trinajstić information content (AvgIpc) is 2.82. The molecule has 30 heavy (non-hydrogen) atoms. The Hall–Kier alpha value is -0.616. The molecule has 4 rings (SSSR count). The molecule has 1 radical (unpaired) electrons. The SMILES string of the molecule is CO.OCNCCc1ccccc1.[Y].c1ccc2c(c1)CC[N-]C2C1CCCCC1. The van der Waals surface area contributed by atoms with Crippen molar-refractivity contribution in [2.75, 3.05) is 26.9 Å². The van der Waals surface area contributed by atoms with E-state index in [1.165, 1.54) is 43.2 Å². The van der Waals surface area contributed by atoms with Gasteiger partial charge in [0.25, 0.3) is 0 Å². The van der Waals surface area contributed by atoms with Crippen LogP contribution < -0.4 is 5.32 Å². The zero-order valence-electron chi connectivity index (χ0n) is 18.3. The first-order valence-electron chi connectivity index (χ1n) is 10.9. The first kappa shape index (κ1) is 27.4. The second-order valence-corrected chi connectivity index (χ2v) is 7.59. The second-order valence-electron chi connectivity index (χ2n) is 7.59. The summed E-state index contributed by atoms with van der Waals surface area (Å²) in [7, 11) is 1.00. The van der Waals surface area contributed by atoms with Crippen molar-refractivity contribution < 1.29 is 42.9 Å². The first-order chi connectivity index (χ1) is 14.4. The molecule has 0 bridgehead atoms. The van der Waals surface area contributed by atoms with Gasteiger partial charge in [0.1, 0.15) is 0 Å². The zero-order valence-corrected chi connectivity index (χ0v) is 21.2. The summed E-state index contributed by atoms with van der Waals surface area (Å²) in [6, 6.07) is 19.7. The Morgan fingerprint density at radius 3 is 2.30 bits per heavy atom. The molecule has 1 atom stereocenters. The van der Waals surface area contributed by atoms with Crippen molar-refractivity contribution in [2.45, 2.75) is 51.0 Å². The Bertz CT molecular complexity index is 663. The third-order valence-electron chi connectivity index (χ3n) is 5.72. The maximum atomic E-state index is 8.43. The van der Waals surface area contributed by atoms with E-state index in [0.29, 0.717) is 6.04 Å². The van der Waals surface area contributed by atoms with Gasteiger partial charge < -0.3 is 15.5 Å². The van der Waals surface area contributed by atoms with E-state index >= 15 is 0 Å². The summed E-state index contributed by atoms with van der Waals surface area (Å²) in [6.07, 6.45) is 9.17. The Morgan fingerprint density at radius 2 is 1.60 bits per heavy atom. The molecule has 163 valence electrons. The first-order valence-corrected chi connectivity index (χ1v) is 10.9. The predicted molar refractivity (Wildman–Crippen MR) is 121 cm³/mol. The summed E-state index contributed by atoms with van der Waals surface area (Å²) < 4.78 is 0. The minimum atomic E-state index is 0. The van der Waals surface area contributed by atoms with Gasteiger partial charge in [-0.3, -0.25) is 5.32 Å². The molecule has 0 spiro atoms. The topological polar surface area (TPSA) is 66.6 Å². The number of nitrogens with zero attached hydrogens (tertiary/aromatic N) is 1. The van der Waals surface area contributed by atoms with E-state index in [4.69, 9.17) is 15.5 Å². The van der Waals surface area contributed by atoms with Crippen LogP contribution in [0.3, 0.4) is 0 Å². The van der Waals surface area contributed by atoms with Crippen LogP contribution >= 0.6 is 0 Å². The van der Waals surface area contributed by atoms with Crippen molar-refractivity contribution >= 4 is 0 Å². The maximum Gasteiger partial charge on any atom is 0.0931 e. The molecule has 3 N–H and O–H groups in total. The van der Waals surface area contributed by atoms with Gasteiger partial charge in [0.05, 0.1) is 6.73 Å². The third kappa shape index (κ3) is 9.25. The van der Waals surface area contributed by atoms with Crippen molar-refractivity contribution in [1.82, 2.24) is 5.32 Å². The van der Waals surface area contributed by atoms with Crippen LogP contribution in [0.5, 0.6) is 0 Å². The van der Waals surface area contributed by atoms with Crippen LogP contribution in [0.4, 0.5) is 0 Å². The fourth-order valence-electron chi connectivity index (χ4n) is 4.28. The fraction of sp³-hybridized carbons (Fsp3) is 0.520. The minimum Gasteiger partial charge on any atom is -0.655 e. The Labute approximate surface area is 207 Å². The van der Waals surface area contributed by atoms with Crippen LogP contribution in [0.15, 0.2) is 54.6 Å². The average molecular weight is 486 g/mol. The van der Waals surface area contributed by atoms with Gasteiger partial charge in [-0.05, 0) is 24.0 Å². The number of fused-ring (bicyclic) bond motifs is 1. The van der Waals surface area contributed by atoms with Gasteiger partial charge in [-0.25, -0.2) is 0 Å². The van der Waals surface area contributed by atoms with Crippen molar-refractivity contribution in [3.8, 4) is 0 Å². The van der Waals surface area contributed by atoms with Crippen LogP contribution in [0.1, 0.15) is 54.8 Å². The molecule has 1 aliphatic heterocycles. The zero-order chi connectivity index (χ0) is 20.7. The minimum absolute atomic E-state index is 0. The van der Waals surface area contributed by atoms with Gasteiger partial charge in [0.2, 0.25) is 0 Å². The maximum absolute atomic E-state index is 8.43. The summed E-state index contributed by atoms with van der Waals surface area (Å²) in [5.41, 5.74) is 4.38. The summed E-state index contributed by atoms with van der Waals surface area (Å²) >= 11 is 0. The van der Waals surface area contributed by atoms with Gasteiger partial charge in [-0.15, -0.1) is 12.6 Å². The molecular formula is C25H37N2O2Y-. The predicted octanol–water partition coefficient (Wildman–Crippen LogP) is 4.61. The van der Waals surface area contributed by atoms with Crippen LogP contribution in [0.25, 0.3) is 5.32 Å². The number of nitrogens with one attached hydrogen (secondary N) is 1. The van der Waals surface area contributed by atoms with E-state index < -0.39 is 0 Å². The molecule has 2 aromatic rings. The van der Waals surface area contributed by atoms with Gasteiger partial charge in [0.15, 0.2) is 0 Å². The number of hydrogen-bond acceptors (Lipinski definition) is 3. The van der Waals surface area contributed by atoms with Crippen LogP contribution in [-0.4, -0.2) is 37.1 Å². The fourth-order valence-corrected chi connectivity index (χ4v) is 4.28. The molecule has 1 saturated carbocycles. The molecule has 1 aliphatic carbocycles. The van der Waals surface area contributed by atoms with Gasteiger partial charge in [-0.1, -0.05) is 98.2 Å². The molecule has 0 amide bonds. The van der Waals surface area contributed by atoms with Crippen LogP contribution in [-0.2, 0) is 45.6 Å². The van der Waals surface area contributed by atoms with E-state index in [2.05, 4.69) is 41.7 Å². The molecular weight excluding hydrogens is 449 g/mol. The van der Waals surface area contributed by atoms with E-state index in [-0.39, 0.29) is 39.4 Å². The van der Waals surface area contributed by atoms with E-state index in [0.717, 1.165) is 39.0 Å². The van der Waals surface area contributed by atoms with E-state index in [1.807, 2.05) is 18.2 Å². The van der Waals surface area contributed by atoms with E-state index in [1.54, 1.807) is 5.56 Å². The quantitative estimate of drug-likeness (QED) is 0.427. The summed E-state index contributed by atoms with van der Waals surface area (Å²) in [5.74, 6) is 0.829. The number of aliphatic hydroxyl groups is 2. The van der Waals surface area contributed by atoms with Gasteiger partial charge >= 0.3 is 0 Å². The number of aliphatic hydroxyl groups excluding tert-OH is 2. The molecule has 4 nitrogen and oxygen atoms in total. The molecule has 1 fully saturated rings. The normalized spacial score (nSPS) is 17.9. The smallest absolute Gasteiger partial charge is 0.0931 e. The molecule has 5 heteroatoms. The number of hydrogen-bond donors (Lipinski definition) is 3. The van der Waals surface area contributed by atoms with Gasteiger partial charge in [-0.2, -0.15) is 0 Å². The molecule has 2 aromatic carbocycles. The molecule has 1 unspecified atom stereocenters. The van der Waals surface area contributed by atoms with Crippen molar-refractivity contribution in [3.05, 3.63) is 76.6 Å². The second kappa shape index (κ2) is 17.0. The van der Waals surface area contributed by atoms with Crippen LogP contribution in [0.2, 0.25) is 0 Å². The third-order valence-corrected chi connectivity index (χ3v) is 5.72. The number of rotatable bonds is 5. The largest absolute Gasteiger partial charge is 0.655 e. The van der Waals surface area contributed by atoms with Gasteiger partial charge in [0, 0.05) is 46.4 Å². The summed E-state index contributed by atoms with van der Waals surface area (Å²) in [6.45, 7) is 1.94. The monoisotopic (exact) mass is 486 g/mol. The Morgan fingerprint density at radius 1 is 0.933 bits per heavy atom. The van der Waals surface area contributed by atoms with Crippen molar-refractivity contribution in [1.29, 1.82) is 0 Å². The molecule has 2 aliphatic rings.